The van der Waals surface area contributed by atoms with Crippen LogP contribution in [0.1, 0.15) is 61.8 Å². The zero-order chi connectivity index (χ0) is 44.5. The molecular formula is C38H57N8O16P3. The molecule has 8 aromatic rings. The third-order valence-corrected chi connectivity index (χ3v) is 8.70. The number of H-pyrrole nitrogens is 8. The van der Waals surface area contributed by atoms with Crippen LogP contribution in [0, 0.1) is 0 Å². The van der Waals surface area contributed by atoms with E-state index in [-0.39, 0.29) is 21.9 Å². The second-order valence-electron chi connectivity index (χ2n) is 13.7. The molecule has 65 heavy (non-hydrogen) atoms. The molecule has 24 nitrogen and oxygen atoms in total. The van der Waals surface area contributed by atoms with Crippen LogP contribution >= 0.6 is 23.5 Å². The summed E-state index contributed by atoms with van der Waals surface area (Å²) in [6.45, 7) is 0. The van der Waals surface area contributed by atoms with Gasteiger partial charge in [-0.05, 0) is 74.2 Å². The number of aromatic amines is 8. The Labute approximate surface area is 370 Å². The number of unbranched alkanes of at least 4 members (excludes halogenated alkanes) is 4. The van der Waals surface area contributed by atoms with Gasteiger partial charge in [0.1, 0.15) is 0 Å². The molecule has 0 saturated carbocycles. The Morgan fingerprint density at radius 1 is 0.369 bits per heavy atom. The van der Waals surface area contributed by atoms with Crippen molar-refractivity contribution in [1.29, 1.82) is 0 Å². The van der Waals surface area contributed by atoms with Crippen LogP contribution in [-0.4, -0.2) is 66.3 Å². The number of fused-ring (bicyclic) bond motifs is 4. The molecule has 0 amide bonds. The summed E-state index contributed by atoms with van der Waals surface area (Å²) in [4.78, 5) is 97.8. The van der Waals surface area contributed by atoms with Crippen LogP contribution in [0.5, 0.6) is 0 Å². The predicted octanol–water partition coefficient (Wildman–Crippen LogP) is -2.15. The van der Waals surface area contributed by atoms with E-state index in [0.717, 1.165) is 25.7 Å². The second kappa shape index (κ2) is 28.8. The average Bonchev–Trinajstić information content (AvgIpc) is 3.96. The lowest BCUT2D eigenvalue weighted by molar-refractivity contribution is -0.359. The average molecular weight is 975 g/mol. The van der Waals surface area contributed by atoms with E-state index in [4.69, 9.17) is 57.7 Å². The third kappa shape index (κ3) is 25.3. The fourth-order valence-corrected chi connectivity index (χ4v) is 6.29. The van der Waals surface area contributed by atoms with Crippen molar-refractivity contribution >= 4 is 67.6 Å². The van der Waals surface area contributed by atoms with Crippen molar-refractivity contribution in [3.05, 3.63) is 120 Å². The SMILES string of the molecule is O.O.O.O.O=P([O-])(O)O.O=P([O-])(O)O.O=P([O-])([O-])O.c1ccc2[nH+]c(CCCCCc3[nH]c4ccccc4[nH+]3)[nH]c2c1.c1ccc2[nH+]c(CCCCCc3[nH]c4ccccc4[nH+]3)[nH]c2c1. The highest BCUT2D eigenvalue weighted by Gasteiger charge is 2.12. The number of benzene rings is 4. The predicted molar refractivity (Wildman–Crippen MR) is 230 cm³/mol. The highest BCUT2D eigenvalue weighted by atomic mass is 31.2. The maximum atomic E-state index is 8.77. The Morgan fingerprint density at radius 3 is 0.708 bits per heavy atom. The van der Waals surface area contributed by atoms with E-state index in [0.29, 0.717) is 0 Å². The van der Waals surface area contributed by atoms with Crippen LogP contribution in [0.3, 0.4) is 0 Å². The molecule has 8 rings (SSSR count). The maximum Gasteiger partial charge on any atom is 0.262 e. The number of rotatable bonds is 12. The van der Waals surface area contributed by atoms with Gasteiger partial charge in [-0.25, -0.2) is 39.9 Å². The van der Waals surface area contributed by atoms with Gasteiger partial charge < -0.3 is 70.5 Å². The van der Waals surface area contributed by atoms with Crippen molar-refractivity contribution < 1.29 is 99.6 Å². The standard InChI is InChI=1S/2C19H20N4.3H3O4P.4H2O/c2*1(2-12-18-20-14-8-4-5-9-15(14)21-18)3-13-19-22-16-10-6-7-11-17(16)23-19;3*1-5(2,3)4;;;;/h2*4-11H,1-3,12-13H2,(H,20,21)(H,22,23);3*(H3,1,2,3,4);4*1H2. The molecule has 0 fully saturated rings. The molecule has 0 spiro atoms. The van der Waals surface area contributed by atoms with Crippen LogP contribution in [-0.2, 0) is 39.4 Å². The quantitative estimate of drug-likeness (QED) is 0.0468. The minimum Gasteiger partial charge on any atom is -0.790 e. The summed E-state index contributed by atoms with van der Waals surface area (Å²) in [6, 6.07) is 33.4. The summed E-state index contributed by atoms with van der Waals surface area (Å²) < 4.78 is 26.2. The van der Waals surface area contributed by atoms with Crippen LogP contribution in [0.25, 0.3) is 44.1 Å². The van der Waals surface area contributed by atoms with Gasteiger partial charge in [0, 0.05) is 25.7 Å². The van der Waals surface area contributed by atoms with Gasteiger partial charge in [0.25, 0.3) is 38.9 Å². The molecule has 27 heteroatoms. The van der Waals surface area contributed by atoms with Crippen LogP contribution in [0.4, 0.5) is 0 Å². The molecule has 4 heterocycles. The van der Waals surface area contributed by atoms with Crippen molar-refractivity contribution in [2.24, 2.45) is 0 Å². The Hall–Kier alpha value is -5.07. The van der Waals surface area contributed by atoms with Crippen molar-refractivity contribution in [3.8, 4) is 0 Å². The van der Waals surface area contributed by atoms with Gasteiger partial charge in [0.2, 0.25) is 0 Å². The molecular weight excluding hydrogens is 917 g/mol. The molecule has 0 saturated heterocycles. The van der Waals surface area contributed by atoms with E-state index in [1.54, 1.807) is 0 Å². The summed E-state index contributed by atoms with van der Waals surface area (Å²) in [7, 11) is -14.9. The van der Waals surface area contributed by atoms with Gasteiger partial charge in [0.15, 0.2) is 44.1 Å². The van der Waals surface area contributed by atoms with E-state index < -0.39 is 23.5 Å². The number of aromatic nitrogens is 8. The molecule has 0 aliphatic rings. The molecule has 360 valence electrons. The maximum absolute atomic E-state index is 8.77. The zero-order valence-corrected chi connectivity index (χ0v) is 37.4. The normalized spacial score (nSPS) is 10.8. The minimum atomic E-state index is -5.14. The summed E-state index contributed by atoms with van der Waals surface area (Å²) >= 11 is 0. The largest absolute Gasteiger partial charge is 0.790 e. The Bertz CT molecular complexity index is 2200. The Kier molecular flexibility index (Phi) is 26.5. The van der Waals surface area contributed by atoms with Gasteiger partial charge in [-0.1, -0.05) is 61.4 Å². The van der Waals surface area contributed by atoms with Gasteiger partial charge in [-0.2, -0.15) is 0 Å². The van der Waals surface area contributed by atoms with Crippen molar-refractivity contribution in [1.82, 2.24) is 19.9 Å². The number of para-hydroxylation sites is 8. The van der Waals surface area contributed by atoms with Gasteiger partial charge in [-0.15, -0.1) is 0 Å². The zero-order valence-electron chi connectivity index (χ0n) is 34.7. The van der Waals surface area contributed by atoms with E-state index >= 15 is 0 Å². The number of phosphoric acid groups is 3. The first-order valence-electron chi connectivity index (χ1n) is 19.0. The fourth-order valence-electron chi connectivity index (χ4n) is 6.29. The lowest BCUT2D eigenvalue weighted by atomic mass is 10.1. The topological polar surface area (TPSA) is 490 Å². The highest BCUT2D eigenvalue weighted by Crippen LogP contribution is 2.19. The first-order chi connectivity index (χ1) is 28.8. The fraction of sp³-hybridized carbons (Fsp3) is 0.263. The third-order valence-electron chi connectivity index (χ3n) is 8.70. The molecule has 21 N–H and O–H groups in total. The van der Waals surface area contributed by atoms with Gasteiger partial charge >= 0.3 is 0 Å². The smallest absolute Gasteiger partial charge is 0.262 e. The van der Waals surface area contributed by atoms with E-state index in [9.17, 15) is 0 Å². The number of hydrogen-bond acceptors (Lipinski definition) is 7. The first kappa shape index (κ1) is 59.9. The summed E-state index contributed by atoms with van der Waals surface area (Å²) in [5.74, 6) is 4.90. The van der Waals surface area contributed by atoms with Crippen molar-refractivity contribution in [3.63, 3.8) is 0 Å². The summed E-state index contributed by atoms with van der Waals surface area (Å²) in [5.41, 5.74) is 9.52. The molecule has 0 aliphatic carbocycles. The number of imidazole rings is 4. The van der Waals surface area contributed by atoms with E-state index in [1.807, 2.05) is 0 Å². The molecule has 0 atom stereocenters. The second-order valence-corrected chi connectivity index (χ2v) is 16.6. The molecule has 0 aliphatic heterocycles. The van der Waals surface area contributed by atoms with Gasteiger partial charge in [0.05, 0.1) is 7.82 Å². The monoisotopic (exact) mass is 974 g/mol. The van der Waals surface area contributed by atoms with Crippen molar-refractivity contribution in [2.75, 3.05) is 0 Å². The molecule has 4 aromatic carbocycles. The van der Waals surface area contributed by atoms with E-state index in [1.165, 1.54) is 106 Å². The Morgan fingerprint density at radius 2 is 0.538 bits per heavy atom. The number of aryl methyl sites for hydroxylation is 4. The van der Waals surface area contributed by atoms with E-state index in [2.05, 4.69) is 137 Å². The minimum absolute atomic E-state index is 0. The first-order valence-corrected chi connectivity index (χ1v) is 23.6. The molecule has 0 bridgehead atoms. The van der Waals surface area contributed by atoms with Crippen LogP contribution < -0.4 is 39.5 Å². The molecule has 4 aromatic heterocycles. The lowest BCUT2D eigenvalue weighted by Gasteiger charge is -2.19. The number of nitrogens with one attached hydrogen (secondary N) is 8. The summed E-state index contributed by atoms with van der Waals surface area (Å²) in [6.07, 6.45) is 11.5. The van der Waals surface area contributed by atoms with Gasteiger partial charge in [-0.3, -0.25) is 9.13 Å². The lowest BCUT2D eigenvalue weighted by Crippen LogP contribution is -2.11. The van der Waals surface area contributed by atoms with Crippen LogP contribution in [0.2, 0.25) is 0 Å². The summed E-state index contributed by atoms with van der Waals surface area (Å²) in [5, 5.41) is 0. The molecule has 0 unspecified atom stereocenters. The number of hydrogen-bond donors (Lipinski definition) is 9. The van der Waals surface area contributed by atoms with Crippen molar-refractivity contribution in [2.45, 2.75) is 64.2 Å². The highest BCUT2D eigenvalue weighted by molar-refractivity contribution is 7.43. The van der Waals surface area contributed by atoms with Crippen LogP contribution in [0.15, 0.2) is 97.1 Å². The Balaban J connectivity index is 0.000000920. The molecule has 0 radical (unpaired) electrons.